The van der Waals surface area contributed by atoms with Crippen molar-refractivity contribution >= 4 is 28.6 Å². The van der Waals surface area contributed by atoms with Crippen LogP contribution >= 0.6 is 0 Å². The summed E-state index contributed by atoms with van der Waals surface area (Å²) in [5.74, 6) is -0.252. The Morgan fingerprint density at radius 1 is 1.18 bits per heavy atom. The molecule has 7 nitrogen and oxygen atoms in total. The molecule has 5 aromatic rings. The number of nitrogens with one attached hydrogen (secondary N) is 2. The summed E-state index contributed by atoms with van der Waals surface area (Å²) >= 11 is 0. The number of pyridine rings is 1. The van der Waals surface area contributed by atoms with E-state index < -0.39 is 0 Å². The predicted octanol–water partition coefficient (Wildman–Crippen LogP) is 4.28. The summed E-state index contributed by atoms with van der Waals surface area (Å²) in [5, 5.41) is 14.7. The molecule has 38 heavy (non-hydrogen) atoms. The Kier molecular flexibility index (Phi) is 7.07. The zero-order chi connectivity index (χ0) is 26.8. The van der Waals surface area contributed by atoms with E-state index in [4.69, 9.17) is 0 Å². The zero-order valence-corrected chi connectivity index (χ0v) is 22.2. The first-order valence-electron chi connectivity index (χ1n) is 12.7. The highest BCUT2D eigenvalue weighted by Gasteiger charge is 2.15. The van der Waals surface area contributed by atoms with Gasteiger partial charge in [0.05, 0.1) is 22.9 Å². The van der Waals surface area contributed by atoms with Gasteiger partial charge in [0, 0.05) is 46.7 Å². The summed E-state index contributed by atoms with van der Waals surface area (Å²) in [6.45, 7) is 7.16. The number of halogens is 1. The van der Waals surface area contributed by atoms with E-state index >= 15 is 0 Å². The van der Waals surface area contributed by atoms with Gasteiger partial charge in [-0.15, -0.1) is 0 Å². The Morgan fingerprint density at radius 3 is 2.76 bits per heavy atom. The molecule has 0 saturated heterocycles. The number of allylic oxidation sites excluding steroid dienone is 1. The zero-order valence-electron chi connectivity index (χ0n) is 22.2. The molecule has 0 fully saturated rings. The third-order valence-electron chi connectivity index (χ3n) is 6.62. The van der Waals surface area contributed by atoms with Gasteiger partial charge in [-0.2, -0.15) is 10.2 Å². The Hall–Kier alpha value is -4.30. The van der Waals surface area contributed by atoms with Gasteiger partial charge < -0.3 is 9.88 Å². The molecule has 0 aliphatic rings. The molecule has 8 heteroatoms. The molecule has 0 radical (unpaired) electrons. The lowest BCUT2D eigenvalue weighted by molar-refractivity contribution is 0.400. The molecule has 0 aliphatic heterocycles. The Bertz CT molecular complexity index is 1740. The minimum Gasteiger partial charge on any atom is -0.353 e. The smallest absolute Gasteiger partial charge is 0.124 e. The Morgan fingerprint density at radius 2 is 2.03 bits per heavy atom. The largest absolute Gasteiger partial charge is 0.353 e. The van der Waals surface area contributed by atoms with Gasteiger partial charge in [0.1, 0.15) is 11.5 Å². The summed E-state index contributed by atoms with van der Waals surface area (Å²) in [6, 6.07) is 9.18. The molecule has 194 valence electrons. The van der Waals surface area contributed by atoms with E-state index in [1.54, 1.807) is 29.2 Å². The number of H-pyrrole nitrogens is 2. The summed E-state index contributed by atoms with van der Waals surface area (Å²) in [4.78, 5) is 10.3. The van der Waals surface area contributed by atoms with Crippen molar-refractivity contribution in [3.63, 3.8) is 0 Å². The van der Waals surface area contributed by atoms with Gasteiger partial charge in [-0.3, -0.25) is 14.8 Å². The highest BCUT2D eigenvalue weighted by atomic mass is 19.1. The quantitative estimate of drug-likeness (QED) is 0.327. The molecule has 0 bridgehead atoms. The summed E-state index contributed by atoms with van der Waals surface area (Å²) in [7, 11) is 5.97. The Labute approximate surface area is 221 Å². The van der Waals surface area contributed by atoms with Gasteiger partial charge in [0.25, 0.3) is 0 Å². The fraction of sp³-hybridized carbons (Fsp3) is 0.233. The predicted molar refractivity (Wildman–Crippen MR) is 152 cm³/mol. The van der Waals surface area contributed by atoms with E-state index in [2.05, 4.69) is 36.7 Å². The van der Waals surface area contributed by atoms with Crippen molar-refractivity contribution in [1.82, 2.24) is 34.8 Å². The van der Waals surface area contributed by atoms with Crippen LogP contribution in [0.3, 0.4) is 0 Å². The maximum absolute atomic E-state index is 14.6. The van der Waals surface area contributed by atoms with Crippen molar-refractivity contribution in [3.05, 3.63) is 83.0 Å². The number of aromatic nitrogens is 6. The van der Waals surface area contributed by atoms with Crippen LogP contribution in [0.1, 0.15) is 24.5 Å². The van der Waals surface area contributed by atoms with Crippen molar-refractivity contribution in [3.8, 4) is 22.6 Å². The van der Waals surface area contributed by atoms with Crippen molar-refractivity contribution in [1.29, 1.82) is 0 Å². The summed E-state index contributed by atoms with van der Waals surface area (Å²) in [6.07, 6.45) is 11.2. The van der Waals surface area contributed by atoms with E-state index in [1.807, 2.05) is 64.6 Å². The first-order valence-corrected chi connectivity index (χ1v) is 12.7. The van der Waals surface area contributed by atoms with Crippen LogP contribution in [0.15, 0.2) is 55.5 Å². The molecule has 0 amide bonds. The number of fused-ring (bicyclic) bond motifs is 1. The fourth-order valence-electron chi connectivity index (χ4n) is 4.72. The van der Waals surface area contributed by atoms with Crippen molar-refractivity contribution in [2.45, 2.75) is 19.8 Å². The molecule has 0 spiro atoms. The van der Waals surface area contributed by atoms with E-state index in [1.165, 1.54) is 0 Å². The molecule has 1 aromatic carbocycles. The molecule has 5 rings (SSSR count). The van der Waals surface area contributed by atoms with Crippen LogP contribution in [0.4, 0.5) is 4.39 Å². The number of hydrogen-bond donors (Lipinski definition) is 2. The number of aryl methyl sites for hydroxylation is 2. The fourth-order valence-corrected chi connectivity index (χ4v) is 4.72. The standard InChI is InChI=1S/C30H32FN7/c1-6-26-24(12-19(2)22-17-33-38(5)18-22)30(36-35-26)28-16-25-27(34-28)9-10-32-29(25)21-13-20(14-23(31)15-21)8-7-11-37(3)4/h6,9-10,12-18,34-35H,2,7-8,11H2,1,3-5H3/b24-12+,26-6+. The van der Waals surface area contributed by atoms with Crippen LogP contribution in [0.25, 0.3) is 51.3 Å². The van der Waals surface area contributed by atoms with Crippen LogP contribution in [-0.4, -0.2) is 55.5 Å². The first-order chi connectivity index (χ1) is 18.3. The lowest BCUT2D eigenvalue weighted by atomic mass is 10.0. The Balaban J connectivity index is 1.57. The monoisotopic (exact) mass is 509 g/mol. The number of hydrogen-bond acceptors (Lipinski definition) is 4. The number of aromatic amines is 2. The highest BCUT2D eigenvalue weighted by Crippen LogP contribution is 2.31. The van der Waals surface area contributed by atoms with Crippen molar-refractivity contribution in [2.24, 2.45) is 7.05 Å². The normalized spacial score (nSPS) is 12.8. The third-order valence-corrected chi connectivity index (χ3v) is 6.62. The molecule has 0 atom stereocenters. The minimum atomic E-state index is -0.252. The van der Waals surface area contributed by atoms with E-state index in [-0.39, 0.29) is 5.82 Å². The SMILES string of the molecule is C=C(/C=c1/c(-c2cc3c(-c4cc(F)cc(CCCN(C)C)c4)nccc3[nH]2)n[nH]/c1=C/C)c1cnn(C)c1. The van der Waals surface area contributed by atoms with Crippen molar-refractivity contribution < 1.29 is 4.39 Å². The van der Waals surface area contributed by atoms with Crippen LogP contribution in [-0.2, 0) is 13.5 Å². The molecule has 4 heterocycles. The average Bonchev–Trinajstić information content (AvgIpc) is 3.61. The number of rotatable bonds is 8. The topological polar surface area (TPSA) is 78.4 Å². The average molecular weight is 510 g/mol. The van der Waals surface area contributed by atoms with Crippen LogP contribution in [0, 0.1) is 5.82 Å². The minimum absolute atomic E-state index is 0.252. The molecule has 0 unspecified atom stereocenters. The maximum Gasteiger partial charge on any atom is 0.124 e. The van der Waals surface area contributed by atoms with Gasteiger partial charge in [-0.1, -0.05) is 12.7 Å². The summed E-state index contributed by atoms with van der Waals surface area (Å²) in [5.41, 5.74) is 6.77. The second-order valence-electron chi connectivity index (χ2n) is 9.82. The molecular weight excluding hydrogens is 477 g/mol. The van der Waals surface area contributed by atoms with Gasteiger partial charge in [-0.05, 0) is 87.9 Å². The molecule has 2 N–H and O–H groups in total. The van der Waals surface area contributed by atoms with Gasteiger partial charge in [0.15, 0.2) is 0 Å². The van der Waals surface area contributed by atoms with E-state index in [0.29, 0.717) is 0 Å². The van der Waals surface area contributed by atoms with Gasteiger partial charge in [0.2, 0.25) is 0 Å². The second-order valence-corrected chi connectivity index (χ2v) is 9.82. The van der Waals surface area contributed by atoms with Crippen LogP contribution in [0.5, 0.6) is 0 Å². The maximum atomic E-state index is 14.6. The number of nitrogens with zero attached hydrogens (tertiary/aromatic N) is 5. The van der Waals surface area contributed by atoms with E-state index in [0.717, 1.165) is 80.2 Å². The van der Waals surface area contributed by atoms with Gasteiger partial charge in [-0.25, -0.2) is 4.39 Å². The molecule has 4 aromatic heterocycles. The number of benzene rings is 1. The molecular formula is C30H32FN7. The van der Waals surface area contributed by atoms with Crippen LogP contribution in [0.2, 0.25) is 0 Å². The van der Waals surface area contributed by atoms with E-state index in [9.17, 15) is 4.39 Å². The summed E-state index contributed by atoms with van der Waals surface area (Å²) < 4.78 is 16.4. The van der Waals surface area contributed by atoms with Crippen LogP contribution < -0.4 is 10.6 Å². The highest BCUT2D eigenvalue weighted by molar-refractivity contribution is 5.96. The van der Waals surface area contributed by atoms with Gasteiger partial charge >= 0.3 is 0 Å². The second kappa shape index (κ2) is 10.6. The third kappa shape index (κ3) is 5.21. The molecule has 0 saturated carbocycles. The lowest BCUT2D eigenvalue weighted by Gasteiger charge is -2.10. The molecule has 0 aliphatic carbocycles. The van der Waals surface area contributed by atoms with Crippen molar-refractivity contribution in [2.75, 3.05) is 20.6 Å². The lowest BCUT2D eigenvalue weighted by Crippen LogP contribution is -2.23. The first kappa shape index (κ1) is 25.4.